The third-order valence-corrected chi connectivity index (χ3v) is 4.37. The highest BCUT2D eigenvalue weighted by Crippen LogP contribution is 2.21. The van der Waals surface area contributed by atoms with Gasteiger partial charge in [-0.05, 0) is 67.9 Å². The maximum atomic E-state index is 11.7. The first-order valence-electron chi connectivity index (χ1n) is 8.25. The number of benzene rings is 2. The normalized spacial score (nSPS) is 10.3. The smallest absolute Gasteiger partial charge is 0.339 e. The number of thiocarbonyl (C=S) groups is 1. The summed E-state index contributed by atoms with van der Waals surface area (Å²) in [6.45, 7) is 2.79. The number of carbonyl (C=O) groups excluding carboxylic acids is 1. The minimum atomic E-state index is -0.438. The molecule has 0 saturated heterocycles. The van der Waals surface area contributed by atoms with Crippen molar-refractivity contribution in [1.29, 1.82) is 0 Å². The lowest BCUT2D eigenvalue weighted by atomic mass is 10.1. The second-order valence-electron chi connectivity index (χ2n) is 5.53. The molecule has 2 rings (SSSR count). The fraction of sp³-hybridized carbons (Fsp3) is 0.263. The van der Waals surface area contributed by atoms with Crippen molar-refractivity contribution >= 4 is 52.2 Å². The number of anilines is 1. The molecule has 0 fully saturated rings. The van der Waals surface area contributed by atoms with Crippen molar-refractivity contribution in [3.8, 4) is 0 Å². The lowest BCUT2D eigenvalue weighted by molar-refractivity contribution is 0.0526. The minimum Gasteiger partial charge on any atom is -0.462 e. The van der Waals surface area contributed by atoms with Gasteiger partial charge in [0.1, 0.15) is 0 Å². The third kappa shape index (κ3) is 6.48. The van der Waals surface area contributed by atoms with Crippen LogP contribution in [0.4, 0.5) is 5.69 Å². The van der Waals surface area contributed by atoms with Crippen LogP contribution in [0.2, 0.25) is 10.0 Å². The molecule has 0 amide bonds. The van der Waals surface area contributed by atoms with Crippen molar-refractivity contribution < 1.29 is 9.53 Å². The van der Waals surface area contributed by atoms with Crippen molar-refractivity contribution in [2.45, 2.75) is 19.8 Å². The Morgan fingerprint density at radius 3 is 2.54 bits per heavy atom. The van der Waals surface area contributed by atoms with E-state index in [4.69, 9.17) is 40.2 Å². The molecular weight excluding hydrogens is 391 g/mol. The number of hydrogen-bond acceptors (Lipinski definition) is 3. The summed E-state index contributed by atoms with van der Waals surface area (Å²) in [5.74, 6) is -0.438. The molecule has 2 aromatic carbocycles. The van der Waals surface area contributed by atoms with E-state index in [9.17, 15) is 4.79 Å². The number of ether oxygens (including phenoxy) is 1. The Morgan fingerprint density at radius 1 is 1.15 bits per heavy atom. The van der Waals surface area contributed by atoms with E-state index in [1.807, 2.05) is 24.3 Å². The van der Waals surface area contributed by atoms with Gasteiger partial charge in [-0.1, -0.05) is 35.3 Å². The largest absolute Gasteiger partial charge is 0.462 e. The molecule has 0 aliphatic rings. The van der Waals surface area contributed by atoms with Crippen molar-refractivity contribution in [2.75, 3.05) is 18.5 Å². The number of hydrogen-bond donors (Lipinski definition) is 2. The molecule has 0 aliphatic heterocycles. The Labute approximate surface area is 168 Å². The number of halogens is 2. The third-order valence-electron chi connectivity index (χ3n) is 3.56. The molecule has 2 aromatic rings. The number of nitrogens with one attached hydrogen (secondary N) is 2. The molecular formula is C19H20Cl2N2O2S. The van der Waals surface area contributed by atoms with E-state index in [-0.39, 0.29) is 0 Å². The number of rotatable bonds is 7. The molecule has 7 heteroatoms. The number of carbonyl (C=O) groups is 1. The van der Waals surface area contributed by atoms with Crippen LogP contribution < -0.4 is 10.6 Å². The molecule has 138 valence electrons. The maximum absolute atomic E-state index is 11.7. The van der Waals surface area contributed by atoms with Gasteiger partial charge in [0.25, 0.3) is 0 Å². The lowest BCUT2D eigenvalue weighted by Gasteiger charge is -2.12. The molecule has 0 bridgehead atoms. The van der Waals surface area contributed by atoms with Crippen molar-refractivity contribution in [2.24, 2.45) is 0 Å². The molecule has 0 heterocycles. The molecule has 0 atom stereocenters. The second kappa shape index (κ2) is 10.4. The van der Waals surface area contributed by atoms with Crippen LogP contribution >= 0.6 is 35.4 Å². The van der Waals surface area contributed by atoms with E-state index in [1.165, 1.54) is 5.56 Å². The summed E-state index contributed by atoms with van der Waals surface area (Å²) in [5.41, 5.74) is 2.27. The predicted octanol–water partition coefficient (Wildman–Crippen LogP) is 5.09. The highest BCUT2D eigenvalue weighted by Gasteiger charge is 2.12. The van der Waals surface area contributed by atoms with E-state index in [0.29, 0.717) is 28.0 Å². The highest BCUT2D eigenvalue weighted by atomic mass is 35.5. The molecule has 0 aliphatic carbocycles. The van der Waals surface area contributed by atoms with Crippen LogP contribution in [-0.4, -0.2) is 24.2 Å². The summed E-state index contributed by atoms with van der Waals surface area (Å²) < 4.78 is 4.95. The Morgan fingerprint density at radius 2 is 1.88 bits per heavy atom. The van der Waals surface area contributed by atoms with Gasteiger partial charge in [0.15, 0.2) is 5.11 Å². The minimum absolute atomic E-state index is 0.305. The van der Waals surface area contributed by atoms with Crippen LogP contribution in [0.15, 0.2) is 42.5 Å². The van der Waals surface area contributed by atoms with Crippen LogP contribution in [0.25, 0.3) is 0 Å². The Balaban J connectivity index is 1.77. The quantitative estimate of drug-likeness (QED) is 0.378. The van der Waals surface area contributed by atoms with Gasteiger partial charge in [0, 0.05) is 17.3 Å². The zero-order valence-electron chi connectivity index (χ0n) is 14.4. The van der Waals surface area contributed by atoms with E-state index in [0.717, 1.165) is 24.4 Å². The molecule has 0 spiro atoms. The molecule has 0 aromatic heterocycles. The first kappa shape index (κ1) is 20.5. The fourth-order valence-electron chi connectivity index (χ4n) is 2.29. The molecule has 4 nitrogen and oxygen atoms in total. The van der Waals surface area contributed by atoms with Crippen LogP contribution in [0.3, 0.4) is 0 Å². The summed E-state index contributed by atoms with van der Waals surface area (Å²) in [6, 6.07) is 12.8. The highest BCUT2D eigenvalue weighted by molar-refractivity contribution is 7.80. The van der Waals surface area contributed by atoms with E-state index in [2.05, 4.69) is 10.6 Å². The molecule has 0 radical (unpaired) electrons. The topological polar surface area (TPSA) is 50.4 Å². The van der Waals surface area contributed by atoms with Gasteiger partial charge in [-0.25, -0.2) is 4.79 Å². The van der Waals surface area contributed by atoms with Crippen LogP contribution in [-0.2, 0) is 11.2 Å². The van der Waals surface area contributed by atoms with Crippen LogP contribution in [0, 0.1) is 0 Å². The van der Waals surface area contributed by atoms with Gasteiger partial charge in [-0.15, -0.1) is 0 Å². The SMILES string of the molecule is CCOC(=O)c1ccc(NC(=S)NCCCc2ccc(Cl)cc2)cc1Cl. The summed E-state index contributed by atoms with van der Waals surface area (Å²) >= 11 is 17.3. The van der Waals surface area contributed by atoms with Gasteiger partial charge >= 0.3 is 5.97 Å². The van der Waals surface area contributed by atoms with Crippen LogP contribution in [0.1, 0.15) is 29.3 Å². The average molecular weight is 411 g/mol. The summed E-state index contributed by atoms with van der Waals surface area (Å²) in [4.78, 5) is 11.7. The van der Waals surface area contributed by atoms with Gasteiger partial charge in [-0.2, -0.15) is 0 Å². The predicted molar refractivity (Wildman–Crippen MR) is 111 cm³/mol. The molecule has 0 unspecified atom stereocenters. The first-order chi connectivity index (χ1) is 12.5. The van der Waals surface area contributed by atoms with E-state index < -0.39 is 5.97 Å². The Hall–Kier alpha value is -1.82. The Bertz CT molecular complexity index is 767. The average Bonchev–Trinajstić information content (AvgIpc) is 2.60. The summed E-state index contributed by atoms with van der Waals surface area (Å²) in [6.07, 6.45) is 1.87. The Kier molecular flexibility index (Phi) is 8.16. The van der Waals surface area contributed by atoms with Gasteiger partial charge in [-0.3, -0.25) is 0 Å². The molecule has 0 saturated carbocycles. The number of esters is 1. The molecule has 26 heavy (non-hydrogen) atoms. The van der Waals surface area contributed by atoms with E-state index >= 15 is 0 Å². The number of aryl methyl sites for hydroxylation is 1. The van der Waals surface area contributed by atoms with Crippen molar-refractivity contribution in [1.82, 2.24) is 5.32 Å². The second-order valence-corrected chi connectivity index (χ2v) is 6.78. The lowest BCUT2D eigenvalue weighted by Crippen LogP contribution is -2.29. The van der Waals surface area contributed by atoms with E-state index in [1.54, 1.807) is 25.1 Å². The van der Waals surface area contributed by atoms with Gasteiger partial charge < -0.3 is 15.4 Å². The van der Waals surface area contributed by atoms with Crippen LogP contribution in [0.5, 0.6) is 0 Å². The van der Waals surface area contributed by atoms with Gasteiger partial charge in [0.05, 0.1) is 17.2 Å². The zero-order chi connectivity index (χ0) is 18.9. The summed E-state index contributed by atoms with van der Waals surface area (Å²) in [7, 11) is 0. The molecule has 2 N–H and O–H groups in total. The van der Waals surface area contributed by atoms with Gasteiger partial charge in [0.2, 0.25) is 0 Å². The fourth-order valence-corrected chi connectivity index (χ4v) is 2.89. The standard InChI is InChI=1S/C19H20Cl2N2O2S/c1-2-25-18(24)16-10-9-15(12-17(16)21)23-19(26)22-11-3-4-13-5-7-14(20)8-6-13/h5-10,12H,2-4,11H2,1H3,(H2,22,23,26). The summed E-state index contributed by atoms with van der Waals surface area (Å²) in [5, 5.41) is 7.76. The van der Waals surface area contributed by atoms with Crippen molar-refractivity contribution in [3.05, 3.63) is 63.6 Å². The zero-order valence-corrected chi connectivity index (χ0v) is 16.7. The monoisotopic (exact) mass is 410 g/mol. The maximum Gasteiger partial charge on any atom is 0.339 e. The van der Waals surface area contributed by atoms with Crippen molar-refractivity contribution in [3.63, 3.8) is 0 Å². The first-order valence-corrected chi connectivity index (χ1v) is 9.42.